The third kappa shape index (κ3) is 5.18. The third-order valence-electron chi connectivity index (χ3n) is 3.64. The quantitative estimate of drug-likeness (QED) is 0.344. The standard InChI is InChI=1S/C20H14ClN3O3S/c21-16-7-9-17(10-8-16)28-19-11-6-14(12-18(19)24(26)27)13-22-23-20(25)15-4-2-1-3-5-15/h1-13H,(H,23,25)/b22-13+. The van der Waals surface area contributed by atoms with Crippen molar-refractivity contribution < 1.29 is 9.72 Å². The van der Waals surface area contributed by atoms with Crippen LogP contribution < -0.4 is 5.43 Å². The molecule has 0 aliphatic carbocycles. The summed E-state index contributed by atoms with van der Waals surface area (Å²) in [6.07, 6.45) is 1.37. The van der Waals surface area contributed by atoms with Gasteiger partial charge >= 0.3 is 0 Å². The molecule has 0 heterocycles. The summed E-state index contributed by atoms with van der Waals surface area (Å²) in [5, 5.41) is 15.9. The molecular formula is C20H14ClN3O3S. The molecule has 3 rings (SSSR count). The molecule has 1 amide bonds. The Morgan fingerprint density at radius 1 is 1.07 bits per heavy atom. The van der Waals surface area contributed by atoms with Crippen LogP contribution in [0.25, 0.3) is 0 Å². The summed E-state index contributed by atoms with van der Waals surface area (Å²) >= 11 is 7.14. The maximum absolute atomic E-state index is 11.9. The van der Waals surface area contributed by atoms with Crippen LogP contribution >= 0.6 is 23.4 Å². The van der Waals surface area contributed by atoms with Gasteiger partial charge in [-0.2, -0.15) is 5.10 Å². The van der Waals surface area contributed by atoms with Crippen LogP contribution in [0.15, 0.2) is 87.7 Å². The summed E-state index contributed by atoms with van der Waals surface area (Å²) in [5.74, 6) is -0.360. The van der Waals surface area contributed by atoms with Gasteiger partial charge < -0.3 is 0 Å². The number of nitrogens with one attached hydrogen (secondary N) is 1. The highest BCUT2D eigenvalue weighted by Crippen LogP contribution is 2.35. The predicted octanol–water partition coefficient (Wildman–Crippen LogP) is 5.16. The van der Waals surface area contributed by atoms with E-state index in [-0.39, 0.29) is 11.6 Å². The Balaban J connectivity index is 1.74. The normalized spacial score (nSPS) is 10.8. The zero-order valence-electron chi connectivity index (χ0n) is 14.4. The highest BCUT2D eigenvalue weighted by Gasteiger charge is 2.15. The molecule has 0 spiro atoms. The molecule has 0 saturated heterocycles. The van der Waals surface area contributed by atoms with E-state index in [0.29, 0.717) is 21.0 Å². The number of nitro benzene ring substituents is 1. The van der Waals surface area contributed by atoms with Crippen LogP contribution in [-0.2, 0) is 0 Å². The Bertz CT molecular complexity index is 1020. The Morgan fingerprint density at radius 2 is 1.79 bits per heavy atom. The van der Waals surface area contributed by atoms with Gasteiger partial charge in [0.15, 0.2) is 0 Å². The van der Waals surface area contributed by atoms with Gasteiger partial charge in [-0.1, -0.05) is 47.6 Å². The summed E-state index contributed by atoms with van der Waals surface area (Å²) < 4.78 is 0. The molecule has 140 valence electrons. The second-order valence-corrected chi connectivity index (χ2v) is 7.16. The highest BCUT2D eigenvalue weighted by molar-refractivity contribution is 7.99. The van der Waals surface area contributed by atoms with E-state index in [0.717, 1.165) is 4.90 Å². The molecule has 0 radical (unpaired) electrons. The molecule has 0 bridgehead atoms. The molecule has 0 fully saturated rings. The van der Waals surface area contributed by atoms with Crippen molar-refractivity contribution >= 4 is 41.2 Å². The molecule has 0 aromatic heterocycles. The van der Waals surface area contributed by atoms with E-state index < -0.39 is 4.92 Å². The largest absolute Gasteiger partial charge is 0.283 e. The van der Waals surface area contributed by atoms with E-state index in [1.807, 2.05) is 6.07 Å². The van der Waals surface area contributed by atoms with Gasteiger partial charge in [0.1, 0.15) is 0 Å². The number of hydrogen-bond acceptors (Lipinski definition) is 5. The van der Waals surface area contributed by atoms with Crippen LogP contribution in [0.2, 0.25) is 5.02 Å². The number of carbonyl (C=O) groups is 1. The van der Waals surface area contributed by atoms with Gasteiger partial charge in [-0.25, -0.2) is 5.43 Å². The number of halogens is 1. The monoisotopic (exact) mass is 411 g/mol. The van der Waals surface area contributed by atoms with Gasteiger partial charge in [-0.3, -0.25) is 14.9 Å². The van der Waals surface area contributed by atoms with Crippen LogP contribution in [-0.4, -0.2) is 17.0 Å². The minimum absolute atomic E-state index is 0.0433. The Kier molecular flexibility index (Phi) is 6.41. The van der Waals surface area contributed by atoms with Gasteiger partial charge in [0, 0.05) is 27.1 Å². The van der Waals surface area contributed by atoms with E-state index in [2.05, 4.69) is 10.5 Å². The van der Waals surface area contributed by atoms with Crippen molar-refractivity contribution in [2.45, 2.75) is 9.79 Å². The molecule has 28 heavy (non-hydrogen) atoms. The Labute approximate surface area is 170 Å². The van der Waals surface area contributed by atoms with Crippen LogP contribution in [0.3, 0.4) is 0 Å². The van der Waals surface area contributed by atoms with Crippen molar-refractivity contribution in [1.82, 2.24) is 5.43 Å². The second-order valence-electron chi connectivity index (χ2n) is 5.61. The van der Waals surface area contributed by atoms with E-state index in [1.54, 1.807) is 60.7 Å². The van der Waals surface area contributed by atoms with E-state index in [9.17, 15) is 14.9 Å². The first-order valence-corrected chi connectivity index (χ1v) is 9.33. The molecule has 0 aliphatic heterocycles. The summed E-state index contributed by atoms with van der Waals surface area (Å²) in [6.45, 7) is 0. The van der Waals surface area contributed by atoms with Crippen molar-refractivity contribution in [3.63, 3.8) is 0 Å². The van der Waals surface area contributed by atoms with Crippen molar-refractivity contribution in [2.75, 3.05) is 0 Å². The van der Waals surface area contributed by atoms with E-state index in [4.69, 9.17) is 11.6 Å². The van der Waals surface area contributed by atoms with Crippen molar-refractivity contribution in [3.8, 4) is 0 Å². The fourth-order valence-corrected chi connectivity index (χ4v) is 3.32. The van der Waals surface area contributed by atoms with Crippen molar-refractivity contribution in [2.24, 2.45) is 5.10 Å². The smallest absolute Gasteiger partial charge is 0.267 e. The average Bonchev–Trinajstić information content (AvgIpc) is 2.71. The van der Waals surface area contributed by atoms with E-state index >= 15 is 0 Å². The number of benzene rings is 3. The van der Waals surface area contributed by atoms with Gasteiger partial charge in [0.05, 0.1) is 16.0 Å². The molecule has 0 atom stereocenters. The molecule has 6 nitrogen and oxygen atoms in total. The minimum Gasteiger partial charge on any atom is -0.267 e. The fourth-order valence-electron chi connectivity index (χ4n) is 2.29. The second kappa shape index (κ2) is 9.16. The molecule has 8 heteroatoms. The number of hydrogen-bond donors (Lipinski definition) is 1. The van der Waals surface area contributed by atoms with Gasteiger partial charge in [0.2, 0.25) is 0 Å². The number of hydrazone groups is 1. The zero-order chi connectivity index (χ0) is 19.9. The molecular weight excluding hydrogens is 398 g/mol. The minimum atomic E-state index is -0.446. The van der Waals surface area contributed by atoms with Crippen molar-refractivity contribution in [3.05, 3.63) is 99.1 Å². The fraction of sp³-hybridized carbons (Fsp3) is 0. The number of nitro groups is 1. The molecule has 0 unspecified atom stereocenters. The van der Waals surface area contributed by atoms with Gasteiger partial charge in [-0.15, -0.1) is 0 Å². The molecule has 1 N–H and O–H groups in total. The van der Waals surface area contributed by atoms with Gasteiger partial charge in [-0.05, 0) is 42.5 Å². The topological polar surface area (TPSA) is 84.6 Å². The molecule has 3 aromatic carbocycles. The number of carbonyl (C=O) groups excluding carboxylic acids is 1. The van der Waals surface area contributed by atoms with Crippen LogP contribution in [0.5, 0.6) is 0 Å². The van der Waals surface area contributed by atoms with E-state index in [1.165, 1.54) is 24.0 Å². The third-order valence-corrected chi connectivity index (χ3v) is 4.96. The lowest BCUT2D eigenvalue weighted by atomic mass is 10.2. The lowest BCUT2D eigenvalue weighted by Crippen LogP contribution is -2.17. The maximum atomic E-state index is 11.9. The van der Waals surface area contributed by atoms with Crippen molar-refractivity contribution in [1.29, 1.82) is 0 Å². The summed E-state index contributed by atoms with van der Waals surface area (Å²) in [4.78, 5) is 24.3. The Hall–Kier alpha value is -3.16. The predicted molar refractivity (Wildman–Crippen MR) is 110 cm³/mol. The van der Waals surface area contributed by atoms with Crippen LogP contribution in [0.1, 0.15) is 15.9 Å². The average molecular weight is 412 g/mol. The molecule has 0 aliphatic rings. The first kappa shape index (κ1) is 19.6. The van der Waals surface area contributed by atoms with Gasteiger partial charge in [0.25, 0.3) is 11.6 Å². The van der Waals surface area contributed by atoms with Crippen LogP contribution in [0.4, 0.5) is 5.69 Å². The summed E-state index contributed by atoms with van der Waals surface area (Å²) in [6, 6.07) is 20.4. The Morgan fingerprint density at radius 3 is 2.46 bits per heavy atom. The first-order chi connectivity index (χ1) is 13.5. The number of rotatable bonds is 6. The highest BCUT2D eigenvalue weighted by atomic mass is 35.5. The van der Waals surface area contributed by atoms with Crippen LogP contribution in [0, 0.1) is 10.1 Å². The lowest BCUT2D eigenvalue weighted by molar-refractivity contribution is -0.387. The SMILES string of the molecule is O=C(N/N=C/c1ccc(Sc2ccc(Cl)cc2)c([N+](=O)[O-])c1)c1ccccc1. The maximum Gasteiger partial charge on any atom is 0.283 e. The summed E-state index contributed by atoms with van der Waals surface area (Å²) in [7, 11) is 0. The molecule has 3 aromatic rings. The number of amides is 1. The summed E-state index contributed by atoms with van der Waals surface area (Å²) in [5.41, 5.74) is 3.33. The zero-order valence-corrected chi connectivity index (χ0v) is 16.0. The first-order valence-electron chi connectivity index (χ1n) is 8.13. The lowest BCUT2D eigenvalue weighted by Gasteiger charge is -2.04. The number of nitrogens with zero attached hydrogens (tertiary/aromatic N) is 2. The molecule has 0 saturated carbocycles.